The maximum atomic E-state index is 11.6. The highest BCUT2D eigenvalue weighted by molar-refractivity contribution is 6.31. The molecule has 8 heteroatoms. The second-order valence-electron chi connectivity index (χ2n) is 2.21. The van der Waals surface area contributed by atoms with Gasteiger partial charge in [0.2, 0.25) is 0 Å². The summed E-state index contributed by atoms with van der Waals surface area (Å²) in [5, 5.41) is 0. The van der Waals surface area contributed by atoms with Crippen molar-refractivity contribution in [1.29, 1.82) is 0 Å². The number of Topliss-reactive ketones (excluding diaryl/α,β-unsaturated/α-hetero) is 1. The molecule has 0 saturated carbocycles. The zero-order valence-corrected chi connectivity index (χ0v) is 6.54. The van der Waals surface area contributed by atoms with E-state index < -0.39 is 24.0 Å². The molecule has 0 unspecified atom stereocenters. The molecular weight excluding hydrogens is 205 g/mol. The number of alkyl halides is 3. The molecule has 0 saturated heterocycles. The van der Waals surface area contributed by atoms with Gasteiger partial charge >= 0.3 is 18.2 Å². The molecule has 0 amide bonds. The summed E-state index contributed by atoms with van der Waals surface area (Å²) in [6.45, 7) is -0.371. The molecule has 0 aromatic carbocycles. The minimum absolute atomic E-state index is 0.371. The second-order valence-corrected chi connectivity index (χ2v) is 2.21. The summed E-state index contributed by atoms with van der Waals surface area (Å²) in [5.74, 6) is -2.89. The van der Waals surface area contributed by atoms with Crippen molar-refractivity contribution in [2.75, 3.05) is 6.54 Å². The highest BCUT2D eigenvalue weighted by atomic mass is 19.4. The van der Waals surface area contributed by atoms with Gasteiger partial charge in [0.1, 0.15) is 6.54 Å². The molecule has 1 heterocycles. The van der Waals surface area contributed by atoms with Crippen LogP contribution in [0.2, 0.25) is 0 Å². The van der Waals surface area contributed by atoms with Crippen LogP contribution in [0, 0.1) is 0 Å². The lowest BCUT2D eigenvalue weighted by atomic mass is 10.4. The zero-order valence-electron chi connectivity index (χ0n) is 6.54. The number of aliphatic imine (C=N–C) groups is 2. The standard InChI is InChI=1S/C6H3F3N2O3/c7-6(8,9)4(13)14-5-10-1-3(12)2-11-5/h1H,2H2. The van der Waals surface area contributed by atoms with E-state index in [1.54, 1.807) is 0 Å². The molecule has 5 nitrogen and oxygen atoms in total. The molecule has 0 N–H and O–H groups in total. The molecule has 0 aromatic rings. The van der Waals surface area contributed by atoms with Gasteiger partial charge in [0, 0.05) is 0 Å². The van der Waals surface area contributed by atoms with Gasteiger partial charge in [0.05, 0.1) is 6.21 Å². The van der Waals surface area contributed by atoms with Crippen LogP contribution in [0.4, 0.5) is 13.2 Å². The Hall–Kier alpha value is -1.73. The average molecular weight is 208 g/mol. The number of halogens is 3. The van der Waals surface area contributed by atoms with E-state index in [1.807, 2.05) is 0 Å². The Morgan fingerprint density at radius 3 is 2.57 bits per heavy atom. The van der Waals surface area contributed by atoms with Crippen LogP contribution in [0.15, 0.2) is 9.98 Å². The molecule has 1 rings (SSSR count). The first-order chi connectivity index (χ1) is 6.39. The number of nitrogens with zero attached hydrogens (tertiary/aromatic N) is 2. The Morgan fingerprint density at radius 2 is 2.14 bits per heavy atom. The summed E-state index contributed by atoms with van der Waals surface area (Å²) in [6, 6.07) is -0.757. The Morgan fingerprint density at radius 1 is 1.50 bits per heavy atom. The molecular formula is C6H3F3N2O3. The van der Waals surface area contributed by atoms with Crippen LogP contribution in [-0.2, 0) is 14.3 Å². The molecule has 0 aromatic heterocycles. The first-order valence-electron chi connectivity index (χ1n) is 3.30. The molecule has 0 aliphatic carbocycles. The summed E-state index contributed by atoms with van der Waals surface area (Å²) >= 11 is 0. The summed E-state index contributed by atoms with van der Waals surface area (Å²) in [4.78, 5) is 27.0. The number of carbonyl (C=O) groups is 2. The van der Waals surface area contributed by atoms with Crippen molar-refractivity contribution in [3.05, 3.63) is 0 Å². The first-order valence-corrected chi connectivity index (χ1v) is 3.30. The highest BCUT2D eigenvalue weighted by Crippen LogP contribution is 2.16. The fourth-order valence-electron chi connectivity index (χ4n) is 0.554. The van der Waals surface area contributed by atoms with E-state index >= 15 is 0 Å². The van der Waals surface area contributed by atoms with Crippen molar-refractivity contribution in [2.24, 2.45) is 9.98 Å². The van der Waals surface area contributed by atoms with Gasteiger partial charge in [-0.1, -0.05) is 0 Å². The minimum Gasteiger partial charge on any atom is -0.384 e. The Kier molecular flexibility index (Phi) is 2.63. The minimum atomic E-state index is -5.10. The quantitative estimate of drug-likeness (QED) is 0.530. The number of rotatable bonds is 0. The van der Waals surface area contributed by atoms with E-state index in [4.69, 9.17) is 0 Å². The van der Waals surface area contributed by atoms with Gasteiger partial charge in [0.15, 0.2) is 5.78 Å². The smallest absolute Gasteiger partial charge is 0.384 e. The van der Waals surface area contributed by atoms with E-state index in [0.717, 1.165) is 6.21 Å². The lowest BCUT2D eigenvalue weighted by Crippen LogP contribution is -2.29. The lowest BCUT2D eigenvalue weighted by molar-refractivity contribution is -0.191. The van der Waals surface area contributed by atoms with Gasteiger partial charge in [0.25, 0.3) is 0 Å². The molecule has 1 aliphatic heterocycles. The maximum Gasteiger partial charge on any atom is 0.491 e. The normalized spacial score (nSPS) is 16.5. The fraction of sp³-hybridized carbons (Fsp3) is 0.333. The summed E-state index contributed by atoms with van der Waals surface area (Å²) in [7, 11) is 0. The van der Waals surface area contributed by atoms with Crippen LogP contribution in [0.25, 0.3) is 0 Å². The monoisotopic (exact) mass is 208 g/mol. The van der Waals surface area contributed by atoms with Crippen molar-refractivity contribution in [3.63, 3.8) is 0 Å². The van der Waals surface area contributed by atoms with Gasteiger partial charge in [-0.15, -0.1) is 0 Å². The molecule has 0 spiro atoms. The number of hydrogen-bond acceptors (Lipinski definition) is 5. The molecule has 1 aliphatic rings. The Balaban J connectivity index is 2.59. The number of hydrogen-bond donors (Lipinski definition) is 0. The van der Waals surface area contributed by atoms with Crippen molar-refractivity contribution < 1.29 is 27.5 Å². The third kappa shape index (κ3) is 2.64. The predicted molar refractivity (Wildman–Crippen MR) is 37.9 cm³/mol. The first kappa shape index (κ1) is 10.4. The number of amidine groups is 1. The molecule has 76 valence electrons. The van der Waals surface area contributed by atoms with Gasteiger partial charge in [-0.3, -0.25) is 4.79 Å². The van der Waals surface area contributed by atoms with E-state index in [-0.39, 0.29) is 6.54 Å². The summed E-state index contributed by atoms with van der Waals surface area (Å²) < 4.78 is 38.6. The van der Waals surface area contributed by atoms with Crippen LogP contribution >= 0.6 is 0 Å². The number of esters is 1. The largest absolute Gasteiger partial charge is 0.491 e. The van der Waals surface area contributed by atoms with Crippen LogP contribution in [-0.4, -0.2) is 36.7 Å². The topological polar surface area (TPSA) is 68.1 Å². The Bertz CT molecular complexity index is 332. The van der Waals surface area contributed by atoms with Crippen LogP contribution in [0.3, 0.4) is 0 Å². The van der Waals surface area contributed by atoms with E-state index in [2.05, 4.69) is 14.7 Å². The molecule has 0 fully saturated rings. The van der Waals surface area contributed by atoms with Crippen molar-refractivity contribution >= 4 is 24.0 Å². The average Bonchev–Trinajstić information content (AvgIpc) is 2.07. The fourth-order valence-corrected chi connectivity index (χ4v) is 0.554. The maximum absolute atomic E-state index is 11.6. The van der Waals surface area contributed by atoms with Gasteiger partial charge in [-0.2, -0.15) is 18.2 Å². The second kappa shape index (κ2) is 3.56. The molecule has 0 bridgehead atoms. The zero-order chi connectivity index (χ0) is 10.8. The molecule has 14 heavy (non-hydrogen) atoms. The van der Waals surface area contributed by atoms with Crippen LogP contribution in [0.5, 0.6) is 0 Å². The van der Waals surface area contributed by atoms with Gasteiger partial charge in [-0.05, 0) is 0 Å². The summed E-state index contributed by atoms with van der Waals surface area (Å²) in [5.41, 5.74) is 0. The van der Waals surface area contributed by atoms with Gasteiger partial charge < -0.3 is 4.74 Å². The molecule has 0 radical (unpaired) electrons. The predicted octanol–water partition coefficient (Wildman–Crippen LogP) is 0.101. The number of carbonyl (C=O) groups excluding carboxylic acids is 2. The van der Waals surface area contributed by atoms with Gasteiger partial charge in [-0.25, -0.2) is 9.79 Å². The Labute approximate surface area is 75.3 Å². The van der Waals surface area contributed by atoms with Crippen molar-refractivity contribution in [2.45, 2.75) is 6.18 Å². The molecule has 0 atom stereocenters. The van der Waals surface area contributed by atoms with E-state index in [1.165, 1.54) is 0 Å². The highest BCUT2D eigenvalue weighted by Gasteiger charge is 2.42. The van der Waals surface area contributed by atoms with E-state index in [9.17, 15) is 22.8 Å². The SMILES string of the molecule is O=C1C=NC(OC(=O)C(F)(F)F)=NC1. The van der Waals surface area contributed by atoms with E-state index in [0.29, 0.717) is 0 Å². The summed E-state index contributed by atoms with van der Waals surface area (Å²) in [6.07, 6.45) is -4.36. The van der Waals surface area contributed by atoms with Crippen molar-refractivity contribution in [3.8, 4) is 0 Å². The number of ether oxygens (including phenoxy) is 1. The van der Waals surface area contributed by atoms with Crippen LogP contribution < -0.4 is 0 Å². The third-order valence-electron chi connectivity index (χ3n) is 1.10. The third-order valence-corrected chi connectivity index (χ3v) is 1.10. The number of ketones is 1. The van der Waals surface area contributed by atoms with Crippen molar-refractivity contribution in [1.82, 2.24) is 0 Å². The lowest BCUT2D eigenvalue weighted by Gasteiger charge is -2.06. The van der Waals surface area contributed by atoms with Crippen LogP contribution in [0.1, 0.15) is 0 Å².